The molecule has 0 fully saturated rings. The molecular weight excluding hydrogens is 256 g/mol. The van der Waals surface area contributed by atoms with Crippen LogP contribution in [0, 0.1) is 0 Å². The highest BCUT2D eigenvalue weighted by Crippen LogP contribution is 2.34. The lowest BCUT2D eigenvalue weighted by molar-refractivity contribution is -0.141. The highest BCUT2D eigenvalue weighted by atomic mass is 79.9. The van der Waals surface area contributed by atoms with Crippen molar-refractivity contribution in [3.8, 4) is 5.06 Å². The van der Waals surface area contributed by atoms with Crippen LogP contribution >= 0.6 is 27.3 Å². The number of thiophene rings is 1. The van der Waals surface area contributed by atoms with Crippen LogP contribution in [0.25, 0.3) is 0 Å². The maximum absolute atomic E-state index is 10.7. The highest BCUT2D eigenvalue weighted by molar-refractivity contribution is 9.11. The number of hydrogen-bond donors (Lipinski definition) is 0. The first-order valence-electron chi connectivity index (χ1n) is 3.62. The fourth-order valence-corrected chi connectivity index (χ4v) is 2.38. The first-order valence-corrected chi connectivity index (χ1v) is 5.23. The molecule has 1 rings (SSSR count). The Morgan fingerprint density at radius 2 is 2.46 bits per heavy atom. The predicted molar refractivity (Wildman–Crippen MR) is 53.1 cm³/mol. The molecule has 1 aromatic heterocycles. The van der Waals surface area contributed by atoms with Crippen LogP contribution in [-0.4, -0.2) is 12.3 Å². The molecule has 5 heteroatoms. The molecule has 3 nitrogen and oxygen atoms in total. The Morgan fingerprint density at radius 1 is 1.77 bits per heavy atom. The standard InChI is InChI=1S/C8H7BrO3S/c1-2-5-3-6(9)13-8(5)12-7(11)4-10/h3-4H,2H2,1H3. The lowest BCUT2D eigenvalue weighted by atomic mass is 10.3. The fraction of sp³-hybridized carbons (Fsp3) is 0.250. The molecule has 13 heavy (non-hydrogen) atoms. The van der Waals surface area contributed by atoms with Crippen LogP contribution in [0.4, 0.5) is 0 Å². The van der Waals surface area contributed by atoms with Gasteiger partial charge in [-0.15, -0.1) is 0 Å². The average molecular weight is 263 g/mol. The molecule has 0 bridgehead atoms. The molecule has 0 saturated carbocycles. The molecule has 0 radical (unpaired) electrons. The van der Waals surface area contributed by atoms with Gasteiger partial charge in [0.2, 0.25) is 6.29 Å². The third-order valence-electron chi connectivity index (χ3n) is 1.41. The van der Waals surface area contributed by atoms with E-state index in [1.807, 2.05) is 13.0 Å². The van der Waals surface area contributed by atoms with E-state index in [4.69, 9.17) is 4.74 Å². The molecule has 1 aromatic rings. The smallest absolute Gasteiger partial charge is 0.377 e. The molecule has 0 amide bonds. The molecular formula is C8H7BrO3S. The summed E-state index contributed by atoms with van der Waals surface area (Å²) in [6.07, 6.45) is 0.927. The monoisotopic (exact) mass is 262 g/mol. The van der Waals surface area contributed by atoms with Gasteiger partial charge in [0.1, 0.15) is 0 Å². The number of aldehydes is 1. The Hall–Kier alpha value is -0.680. The molecule has 0 N–H and O–H groups in total. The number of hydrogen-bond acceptors (Lipinski definition) is 4. The second-order valence-corrected chi connectivity index (χ2v) is 4.65. The largest absolute Gasteiger partial charge is 0.410 e. The van der Waals surface area contributed by atoms with E-state index in [1.54, 1.807) is 0 Å². The molecule has 1 heterocycles. The van der Waals surface area contributed by atoms with Crippen molar-refractivity contribution in [2.45, 2.75) is 13.3 Å². The van der Waals surface area contributed by atoms with E-state index < -0.39 is 5.97 Å². The summed E-state index contributed by atoms with van der Waals surface area (Å²) < 4.78 is 5.67. The second-order valence-electron chi connectivity index (χ2n) is 2.26. The van der Waals surface area contributed by atoms with Crippen molar-refractivity contribution < 1.29 is 14.3 Å². The van der Waals surface area contributed by atoms with Crippen molar-refractivity contribution >= 4 is 39.5 Å². The van der Waals surface area contributed by atoms with Gasteiger partial charge in [0.25, 0.3) is 0 Å². The summed E-state index contributed by atoms with van der Waals surface area (Å²) in [6.45, 7) is 1.95. The lowest BCUT2D eigenvalue weighted by Crippen LogP contribution is -2.08. The Morgan fingerprint density at radius 3 is 3.00 bits per heavy atom. The summed E-state index contributed by atoms with van der Waals surface area (Å²) in [5.41, 5.74) is 0.923. The maximum atomic E-state index is 10.7. The Bertz CT molecular complexity index is 332. The van der Waals surface area contributed by atoms with Gasteiger partial charge in [-0.05, 0) is 28.4 Å². The number of esters is 1. The topological polar surface area (TPSA) is 43.4 Å². The van der Waals surface area contributed by atoms with Crippen LogP contribution in [0.5, 0.6) is 5.06 Å². The van der Waals surface area contributed by atoms with Gasteiger partial charge < -0.3 is 4.74 Å². The summed E-state index contributed by atoms with van der Waals surface area (Å²) >= 11 is 4.57. The van der Waals surface area contributed by atoms with Gasteiger partial charge in [-0.3, -0.25) is 4.79 Å². The average Bonchev–Trinajstić information content (AvgIpc) is 2.46. The minimum absolute atomic E-state index is 0.160. The normalized spacial score (nSPS) is 9.69. The third-order valence-corrected chi connectivity index (χ3v) is 2.97. The molecule has 0 aliphatic rings. The minimum atomic E-state index is -0.857. The summed E-state index contributed by atoms with van der Waals surface area (Å²) in [6, 6.07) is 1.87. The Balaban J connectivity index is 2.86. The first kappa shape index (κ1) is 10.4. The zero-order valence-corrected chi connectivity index (χ0v) is 9.28. The van der Waals surface area contributed by atoms with Gasteiger partial charge in [0.15, 0.2) is 5.06 Å². The molecule has 70 valence electrons. The number of rotatable bonds is 3. The molecule has 0 saturated heterocycles. The van der Waals surface area contributed by atoms with E-state index in [-0.39, 0.29) is 6.29 Å². The summed E-state index contributed by atoms with van der Waals surface area (Å²) in [7, 11) is 0. The van der Waals surface area contributed by atoms with Crippen LogP contribution < -0.4 is 4.74 Å². The van der Waals surface area contributed by atoms with Crippen LogP contribution in [0.3, 0.4) is 0 Å². The van der Waals surface area contributed by atoms with Crippen molar-refractivity contribution in [3.63, 3.8) is 0 Å². The molecule has 0 aliphatic carbocycles. The van der Waals surface area contributed by atoms with E-state index >= 15 is 0 Å². The van der Waals surface area contributed by atoms with Gasteiger partial charge in [-0.2, -0.15) is 0 Å². The highest BCUT2D eigenvalue weighted by Gasteiger charge is 2.10. The summed E-state index contributed by atoms with van der Waals surface area (Å²) in [4.78, 5) is 20.7. The van der Waals surface area contributed by atoms with Crippen LogP contribution in [0.2, 0.25) is 0 Å². The molecule has 0 aromatic carbocycles. The molecule has 0 unspecified atom stereocenters. The number of carbonyl (C=O) groups excluding carboxylic acids is 2. The SMILES string of the molecule is CCc1cc(Br)sc1OC(=O)C=O. The Labute approximate surface area is 87.8 Å². The van der Waals surface area contributed by atoms with Crippen molar-refractivity contribution in [1.29, 1.82) is 0 Å². The predicted octanol–water partition coefficient (Wildman–Crippen LogP) is 2.18. The number of carbonyl (C=O) groups is 2. The van der Waals surface area contributed by atoms with Crippen LogP contribution in [0.15, 0.2) is 9.85 Å². The molecule has 0 atom stereocenters. The zero-order chi connectivity index (χ0) is 9.84. The maximum Gasteiger partial charge on any atom is 0.377 e. The zero-order valence-electron chi connectivity index (χ0n) is 6.87. The molecule has 0 spiro atoms. The summed E-state index contributed by atoms with van der Waals surface area (Å²) in [5, 5.41) is 0.492. The second kappa shape index (κ2) is 4.53. The summed E-state index contributed by atoms with van der Waals surface area (Å²) in [5.74, 6) is -0.857. The van der Waals surface area contributed by atoms with E-state index in [2.05, 4.69) is 15.9 Å². The van der Waals surface area contributed by atoms with E-state index in [9.17, 15) is 9.59 Å². The third kappa shape index (κ3) is 2.63. The van der Waals surface area contributed by atoms with Gasteiger partial charge in [0, 0.05) is 5.56 Å². The van der Waals surface area contributed by atoms with Gasteiger partial charge in [-0.1, -0.05) is 18.3 Å². The van der Waals surface area contributed by atoms with Crippen molar-refractivity contribution in [1.82, 2.24) is 0 Å². The van der Waals surface area contributed by atoms with Crippen molar-refractivity contribution in [2.75, 3.05) is 0 Å². The van der Waals surface area contributed by atoms with E-state index in [1.165, 1.54) is 11.3 Å². The van der Waals surface area contributed by atoms with Crippen molar-refractivity contribution in [3.05, 3.63) is 15.4 Å². The van der Waals surface area contributed by atoms with Crippen LogP contribution in [-0.2, 0) is 16.0 Å². The van der Waals surface area contributed by atoms with Gasteiger partial charge in [0.05, 0.1) is 3.79 Å². The van der Waals surface area contributed by atoms with E-state index in [0.29, 0.717) is 5.06 Å². The fourth-order valence-electron chi connectivity index (χ4n) is 0.828. The van der Waals surface area contributed by atoms with Gasteiger partial charge >= 0.3 is 5.97 Å². The number of ether oxygens (including phenoxy) is 1. The molecule has 0 aliphatic heterocycles. The first-order chi connectivity index (χ1) is 6.17. The quantitative estimate of drug-likeness (QED) is 0.477. The minimum Gasteiger partial charge on any atom is -0.410 e. The lowest BCUT2D eigenvalue weighted by Gasteiger charge is -1.97. The van der Waals surface area contributed by atoms with Gasteiger partial charge in [-0.25, -0.2) is 4.79 Å². The van der Waals surface area contributed by atoms with Crippen LogP contribution in [0.1, 0.15) is 12.5 Å². The Kier molecular flexibility index (Phi) is 3.62. The number of aryl methyl sites for hydroxylation is 1. The number of halogens is 1. The van der Waals surface area contributed by atoms with E-state index in [0.717, 1.165) is 15.8 Å². The van der Waals surface area contributed by atoms with Crippen molar-refractivity contribution in [2.24, 2.45) is 0 Å².